The van der Waals surface area contributed by atoms with Gasteiger partial charge >= 0.3 is 0 Å². The van der Waals surface area contributed by atoms with Crippen LogP contribution in [0.1, 0.15) is 18.4 Å². The number of ketones is 2. The fraction of sp³-hybridized carbons (Fsp3) is 0.222. The number of Topliss-reactive ketones (excluding diaryl/α,β-unsaturated/α-hetero) is 1. The quantitative estimate of drug-likeness (QED) is 0.575. The maximum atomic E-state index is 12.8. The van der Waals surface area contributed by atoms with Gasteiger partial charge in [-0.3, -0.25) is 9.59 Å². The molecule has 0 radical (unpaired) electrons. The Morgan fingerprint density at radius 1 is 0.850 bits per heavy atom. The normalized spacial score (nSPS) is 27.7. The number of carbonyl (C=O) groups excluding carboxylic acids is 2. The van der Waals surface area contributed by atoms with Crippen molar-refractivity contribution in [1.82, 2.24) is 0 Å². The first-order valence-corrected chi connectivity index (χ1v) is 7.04. The molecule has 5 rings (SSSR count). The number of hydrogen-bond donors (Lipinski definition) is 0. The second-order valence-corrected chi connectivity index (χ2v) is 5.62. The highest BCUT2D eigenvalue weighted by Crippen LogP contribution is 2.45. The van der Waals surface area contributed by atoms with Crippen molar-refractivity contribution in [2.45, 2.75) is 12.8 Å². The van der Waals surface area contributed by atoms with Crippen LogP contribution < -0.4 is 0 Å². The first-order valence-electron chi connectivity index (χ1n) is 7.04. The van der Waals surface area contributed by atoms with Gasteiger partial charge in [-0.2, -0.15) is 0 Å². The van der Waals surface area contributed by atoms with Crippen LogP contribution in [-0.4, -0.2) is 11.6 Å². The van der Waals surface area contributed by atoms with Crippen LogP contribution in [0.5, 0.6) is 0 Å². The van der Waals surface area contributed by atoms with Crippen LogP contribution >= 0.6 is 0 Å². The van der Waals surface area contributed by atoms with Crippen molar-refractivity contribution in [2.24, 2.45) is 11.8 Å². The van der Waals surface area contributed by atoms with Gasteiger partial charge in [0.25, 0.3) is 0 Å². The predicted octanol–water partition coefficient (Wildman–Crippen LogP) is 3.11. The molecule has 0 aromatic heterocycles. The molecule has 0 spiro atoms. The minimum Gasteiger partial charge on any atom is -0.290 e. The summed E-state index contributed by atoms with van der Waals surface area (Å²) in [6.07, 6.45) is 7.71. The number of carbonyl (C=O) groups is 2. The molecule has 0 N–H and O–H groups in total. The zero-order valence-corrected chi connectivity index (χ0v) is 11.0. The van der Waals surface area contributed by atoms with E-state index in [0.29, 0.717) is 5.57 Å². The van der Waals surface area contributed by atoms with Gasteiger partial charge in [0, 0.05) is 28.6 Å². The van der Waals surface area contributed by atoms with Crippen LogP contribution in [0.2, 0.25) is 0 Å². The van der Waals surface area contributed by atoms with E-state index in [1.54, 1.807) is 0 Å². The number of benzene rings is 1. The second kappa shape index (κ2) is 4.14. The van der Waals surface area contributed by atoms with E-state index >= 15 is 0 Å². The zero-order chi connectivity index (χ0) is 13.7. The van der Waals surface area contributed by atoms with Gasteiger partial charge in [-0.25, -0.2) is 0 Å². The molecule has 2 bridgehead atoms. The molecule has 0 saturated heterocycles. The number of fused-ring (bicyclic) bond motifs is 1. The van der Waals surface area contributed by atoms with Crippen LogP contribution in [0.4, 0.5) is 0 Å². The van der Waals surface area contributed by atoms with E-state index in [1.165, 1.54) is 6.08 Å². The number of allylic oxidation sites excluding steroid dienone is 6. The van der Waals surface area contributed by atoms with Crippen molar-refractivity contribution >= 4 is 17.1 Å². The molecule has 0 heterocycles. The summed E-state index contributed by atoms with van der Waals surface area (Å²) >= 11 is 0. The van der Waals surface area contributed by atoms with E-state index in [2.05, 4.69) is 12.2 Å². The van der Waals surface area contributed by atoms with Gasteiger partial charge in [-0.05, 0) is 24.5 Å². The summed E-state index contributed by atoms with van der Waals surface area (Å²) in [6.45, 7) is 0. The van der Waals surface area contributed by atoms with Gasteiger partial charge in [-0.15, -0.1) is 0 Å². The van der Waals surface area contributed by atoms with Crippen LogP contribution in [0.15, 0.2) is 59.7 Å². The summed E-state index contributed by atoms with van der Waals surface area (Å²) < 4.78 is 0. The Balaban J connectivity index is 1.84. The van der Waals surface area contributed by atoms with Crippen molar-refractivity contribution in [3.63, 3.8) is 0 Å². The standard InChI is InChI=1S/C18H14O2/c19-15-10-14(11-4-2-1-3-5-11)18(20)17-13-8-6-12(7-9-13)16(15)17/h1-6,8,10,12-13H,7,9H2. The van der Waals surface area contributed by atoms with Crippen LogP contribution in [0.25, 0.3) is 5.57 Å². The third-order valence-corrected chi connectivity index (χ3v) is 4.51. The third kappa shape index (κ3) is 1.51. The highest BCUT2D eigenvalue weighted by molar-refractivity contribution is 6.38. The summed E-state index contributed by atoms with van der Waals surface area (Å²) in [4.78, 5) is 25.2. The molecule has 0 fully saturated rings. The fourth-order valence-corrected chi connectivity index (χ4v) is 3.56. The van der Waals surface area contributed by atoms with Gasteiger partial charge in [0.2, 0.25) is 0 Å². The van der Waals surface area contributed by atoms with Gasteiger partial charge in [0.15, 0.2) is 11.6 Å². The molecule has 1 aromatic carbocycles. The van der Waals surface area contributed by atoms with Crippen molar-refractivity contribution in [3.8, 4) is 0 Å². The average molecular weight is 262 g/mol. The first-order chi connectivity index (χ1) is 9.75. The Morgan fingerprint density at radius 3 is 2.15 bits per heavy atom. The van der Waals surface area contributed by atoms with Gasteiger partial charge < -0.3 is 0 Å². The molecule has 2 nitrogen and oxygen atoms in total. The topological polar surface area (TPSA) is 34.1 Å². The molecule has 2 atom stereocenters. The smallest absolute Gasteiger partial charge is 0.190 e. The van der Waals surface area contributed by atoms with E-state index < -0.39 is 0 Å². The first kappa shape index (κ1) is 11.6. The summed E-state index contributed by atoms with van der Waals surface area (Å²) in [7, 11) is 0. The number of hydrogen-bond acceptors (Lipinski definition) is 2. The van der Waals surface area contributed by atoms with Crippen molar-refractivity contribution in [2.75, 3.05) is 0 Å². The monoisotopic (exact) mass is 262 g/mol. The highest BCUT2D eigenvalue weighted by Gasteiger charge is 2.40. The lowest BCUT2D eigenvalue weighted by Gasteiger charge is -2.36. The predicted molar refractivity (Wildman–Crippen MR) is 76.8 cm³/mol. The fourth-order valence-electron chi connectivity index (χ4n) is 3.56. The Labute approximate surface area is 117 Å². The summed E-state index contributed by atoms with van der Waals surface area (Å²) in [5, 5.41) is 0. The molecule has 1 aromatic rings. The molecular weight excluding hydrogens is 248 g/mol. The SMILES string of the molecule is O=C1C=C(c2ccccc2)C(=O)C2=C1C1C=CC2CC1. The van der Waals surface area contributed by atoms with Gasteiger partial charge in [-0.1, -0.05) is 42.5 Å². The van der Waals surface area contributed by atoms with Crippen molar-refractivity contribution in [1.29, 1.82) is 0 Å². The largest absolute Gasteiger partial charge is 0.290 e. The Morgan fingerprint density at radius 2 is 1.50 bits per heavy atom. The molecule has 0 saturated carbocycles. The molecule has 98 valence electrons. The maximum absolute atomic E-state index is 12.8. The second-order valence-electron chi connectivity index (χ2n) is 5.62. The average Bonchev–Trinajstić information content (AvgIpc) is 2.52. The molecule has 2 unspecified atom stereocenters. The van der Waals surface area contributed by atoms with Crippen LogP contribution in [-0.2, 0) is 9.59 Å². The summed E-state index contributed by atoms with van der Waals surface area (Å²) in [5.74, 6) is 0.362. The van der Waals surface area contributed by atoms with E-state index in [4.69, 9.17) is 0 Å². The highest BCUT2D eigenvalue weighted by atomic mass is 16.1. The lowest BCUT2D eigenvalue weighted by molar-refractivity contribution is -0.115. The lowest BCUT2D eigenvalue weighted by atomic mass is 9.66. The van der Waals surface area contributed by atoms with E-state index in [9.17, 15) is 9.59 Å². The minimum atomic E-state index is 0.0255. The molecular formula is C18H14O2. The Bertz CT molecular complexity index is 704. The molecule has 4 aliphatic rings. The van der Waals surface area contributed by atoms with Crippen LogP contribution in [0.3, 0.4) is 0 Å². The van der Waals surface area contributed by atoms with Gasteiger partial charge in [0.1, 0.15) is 0 Å². The van der Waals surface area contributed by atoms with Crippen molar-refractivity contribution < 1.29 is 9.59 Å². The Hall–Kier alpha value is -2.22. The van der Waals surface area contributed by atoms with Crippen molar-refractivity contribution in [3.05, 3.63) is 65.3 Å². The van der Waals surface area contributed by atoms with Crippen LogP contribution in [0, 0.1) is 11.8 Å². The van der Waals surface area contributed by atoms with E-state index in [1.807, 2.05) is 30.3 Å². The molecule has 2 heteroatoms. The minimum absolute atomic E-state index is 0.0255. The molecule has 0 amide bonds. The molecule has 0 aliphatic heterocycles. The molecule has 20 heavy (non-hydrogen) atoms. The van der Waals surface area contributed by atoms with E-state index in [-0.39, 0.29) is 23.4 Å². The van der Waals surface area contributed by atoms with E-state index in [0.717, 1.165) is 29.6 Å². The maximum Gasteiger partial charge on any atom is 0.190 e. The number of rotatable bonds is 1. The summed E-state index contributed by atoms with van der Waals surface area (Å²) in [6, 6.07) is 9.48. The van der Waals surface area contributed by atoms with Gasteiger partial charge in [0.05, 0.1) is 0 Å². The Kier molecular flexibility index (Phi) is 2.40. The third-order valence-electron chi connectivity index (χ3n) is 4.51. The zero-order valence-electron chi connectivity index (χ0n) is 11.0. The molecule has 4 aliphatic carbocycles. The lowest BCUT2D eigenvalue weighted by Crippen LogP contribution is -2.33. The summed E-state index contributed by atoms with van der Waals surface area (Å²) in [5.41, 5.74) is 2.90.